The predicted molar refractivity (Wildman–Crippen MR) is 143 cm³/mol. The van der Waals surface area contributed by atoms with E-state index in [1.807, 2.05) is 33.8 Å². The number of aliphatic hydroxyl groups is 1. The lowest BCUT2D eigenvalue weighted by Crippen LogP contribution is -2.88. The molecular weight excluding hydrogens is 478 g/mol. The van der Waals surface area contributed by atoms with Crippen LogP contribution in [0.25, 0.3) is 10.9 Å². The van der Waals surface area contributed by atoms with Gasteiger partial charge in [-0.15, -0.1) is 0 Å². The largest absolute Gasteiger partial charge is 0.483 e. The zero-order valence-corrected chi connectivity index (χ0v) is 23.3. The molecule has 4 saturated heterocycles. The van der Waals surface area contributed by atoms with E-state index in [4.69, 9.17) is 18.9 Å². The molecule has 3 aliphatic carbocycles. The van der Waals surface area contributed by atoms with Crippen LogP contribution in [0.2, 0.25) is 0 Å². The number of allylic oxidation sites excluding steroid dienone is 2. The highest BCUT2D eigenvalue weighted by molar-refractivity contribution is 5.86. The number of H-pyrrole nitrogens is 1. The average Bonchev–Trinajstić information content (AvgIpc) is 3.33. The molecule has 0 radical (unpaired) electrons. The highest BCUT2D eigenvalue weighted by Crippen LogP contribution is 2.75. The lowest BCUT2D eigenvalue weighted by atomic mass is 9.40. The number of aromatic amines is 1. The Morgan fingerprint density at radius 2 is 1.87 bits per heavy atom. The molecule has 1 aromatic heterocycles. The fraction of sp³-hybridized carbons (Fsp3) is 0.625. The molecule has 9 rings (SSSR count). The van der Waals surface area contributed by atoms with Crippen LogP contribution in [0.15, 0.2) is 47.7 Å². The van der Waals surface area contributed by atoms with Crippen LogP contribution < -0.4 is 0 Å². The van der Waals surface area contributed by atoms with Gasteiger partial charge in [-0.3, -0.25) is 0 Å². The van der Waals surface area contributed by atoms with Crippen molar-refractivity contribution in [2.24, 2.45) is 11.3 Å². The second kappa shape index (κ2) is 6.77. The van der Waals surface area contributed by atoms with Crippen molar-refractivity contribution >= 4 is 10.9 Å². The molecule has 5 unspecified atom stereocenters. The maximum atomic E-state index is 13.0. The van der Waals surface area contributed by atoms with E-state index in [-0.39, 0.29) is 5.41 Å². The molecule has 1 aromatic carbocycles. The summed E-state index contributed by atoms with van der Waals surface area (Å²) in [7, 11) is 0. The van der Waals surface area contributed by atoms with E-state index in [1.165, 1.54) is 22.2 Å². The van der Waals surface area contributed by atoms with Gasteiger partial charge in [-0.2, -0.15) is 0 Å². The molecule has 1 saturated carbocycles. The van der Waals surface area contributed by atoms with Crippen molar-refractivity contribution in [3.05, 3.63) is 59.0 Å². The van der Waals surface area contributed by atoms with Crippen LogP contribution in [0.4, 0.5) is 0 Å². The summed E-state index contributed by atoms with van der Waals surface area (Å²) < 4.78 is 26.5. The van der Waals surface area contributed by atoms with Crippen molar-refractivity contribution in [2.45, 2.75) is 114 Å². The number of ether oxygens (including phenoxy) is 4. The number of para-hydroxylation sites is 1. The highest BCUT2D eigenvalue weighted by atomic mass is 16.8. The summed E-state index contributed by atoms with van der Waals surface area (Å²) in [6.07, 6.45) is 7.27. The summed E-state index contributed by atoms with van der Waals surface area (Å²) in [5, 5.41) is 14.3. The lowest BCUT2D eigenvalue weighted by molar-refractivity contribution is -0.534. The fourth-order valence-corrected chi connectivity index (χ4v) is 9.64. The molecule has 4 aliphatic heterocycles. The van der Waals surface area contributed by atoms with E-state index in [1.54, 1.807) is 0 Å². The Kier molecular flexibility index (Phi) is 4.23. The van der Waals surface area contributed by atoms with Crippen LogP contribution in [0.3, 0.4) is 0 Å². The summed E-state index contributed by atoms with van der Waals surface area (Å²) in [6, 6.07) is 8.62. The molecule has 5 fully saturated rings. The first-order valence-corrected chi connectivity index (χ1v) is 14.3. The maximum absolute atomic E-state index is 13.0. The topological polar surface area (TPSA) is 72.9 Å². The quantitative estimate of drug-likeness (QED) is 0.469. The molecule has 5 heterocycles. The van der Waals surface area contributed by atoms with Crippen LogP contribution in [-0.4, -0.2) is 45.1 Å². The number of nitrogens with one attached hydrogen (secondary N) is 1. The van der Waals surface area contributed by atoms with Gasteiger partial charge >= 0.3 is 0 Å². The first kappa shape index (κ1) is 23.7. The summed E-state index contributed by atoms with van der Waals surface area (Å²) >= 11 is 0. The molecule has 0 amide bonds. The third-order valence-electron chi connectivity index (χ3n) is 11.6. The Morgan fingerprint density at radius 3 is 2.63 bits per heavy atom. The third-order valence-corrected chi connectivity index (χ3v) is 11.6. The van der Waals surface area contributed by atoms with Crippen molar-refractivity contribution < 1.29 is 24.1 Å². The number of hydrogen-bond donors (Lipinski definition) is 2. The minimum atomic E-state index is -1.09. The number of rotatable bonds is 1. The minimum absolute atomic E-state index is 0.228. The third kappa shape index (κ3) is 2.39. The van der Waals surface area contributed by atoms with Crippen LogP contribution in [0.1, 0.15) is 78.5 Å². The van der Waals surface area contributed by atoms with Gasteiger partial charge in [-0.1, -0.05) is 37.6 Å². The summed E-state index contributed by atoms with van der Waals surface area (Å²) in [6.45, 7) is 12.9. The van der Waals surface area contributed by atoms with E-state index < -0.39 is 40.4 Å². The molecule has 7 aliphatic rings. The summed E-state index contributed by atoms with van der Waals surface area (Å²) in [5.41, 5.74) is 1.74. The predicted octanol–water partition coefficient (Wildman–Crippen LogP) is 5.79. The van der Waals surface area contributed by atoms with Crippen LogP contribution in [0, 0.1) is 11.3 Å². The second-order valence-electron chi connectivity index (χ2n) is 14.0. The van der Waals surface area contributed by atoms with E-state index in [0.717, 1.165) is 30.6 Å². The number of benzene rings is 1. The van der Waals surface area contributed by atoms with E-state index in [2.05, 4.69) is 49.2 Å². The average molecular weight is 518 g/mol. The van der Waals surface area contributed by atoms with E-state index in [0.29, 0.717) is 18.8 Å². The summed E-state index contributed by atoms with van der Waals surface area (Å²) in [4.78, 5) is 3.82. The molecule has 6 nitrogen and oxygen atoms in total. The zero-order chi connectivity index (χ0) is 26.5. The Hall–Kier alpha value is -2.12. The Bertz CT molecular complexity index is 1440. The molecule has 2 bridgehead atoms. The zero-order valence-electron chi connectivity index (χ0n) is 23.3. The van der Waals surface area contributed by atoms with Crippen molar-refractivity contribution in [1.29, 1.82) is 0 Å². The maximum Gasteiger partial charge on any atom is 0.216 e. The van der Waals surface area contributed by atoms with Crippen molar-refractivity contribution in [1.82, 2.24) is 4.98 Å². The fourth-order valence-electron chi connectivity index (χ4n) is 9.64. The Morgan fingerprint density at radius 1 is 1.11 bits per heavy atom. The number of hydrogen-bond acceptors (Lipinski definition) is 5. The molecular formula is C32H39NO5. The molecule has 8 atom stereocenters. The van der Waals surface area contributed by atoms with Gasteiger partial charge in [-0.25, -0.2) is 0 Å². The van der Waals surface area contributed by atoms with Gasteiger partial charge in [0.25, 0.3) is 0 Å². The smallest absolute Gasteiger partial charge is 0.216 e. The molecule has 2 aromatic rings. The van der Waals surface area contributed by atoms with Gasteiger partial charge in [0.2, 0.25) is 5.79 Å². The summed E-state index contributed by atoms with van der Waals surface area (Å²) in [5.74, 6) is 0.294. The van der Waals surface area contributed by atoms with Gasteiger partial charge < -0.3 is 29.0 Å². The van der Waals surface area contributed by atoms with Crippen molar-refractivity contribution in [3.8, 4) is 0 Å². The van der Waals surface area contributed by atoms with Gasteiger partial charge in [-0.05, 0) is 83.1 Å². The van der Waals surface area contributed by atoms with E-state index >= 15 is 0 Å². The van der Waals surface area contributed by atoms with Gasteiger partial charge in [0, 0.05) is 33.8 Å². The second-order valence-corrected chi connectivity index (χ2v) is 14.0. The van der Waals surface area contributed by atoms with Crippen molar-refractivity contribution in [2.75, 3.05) is 0 Å². The van der Waals surface area contributed by atoms with Gasteiger partial charge in [0.05, 0.1) is 0 Å². The molecule has 202 valence electrons. The van der Waals surface area contributed by atoms with Gasteiger partial charge in [0.1, 0.15) is 17.0 Å². The Balaban J connectivity index is 1.25. The van der Waals surface area contributed by atoms with Gasteiger partial charge in [0.15, 0.2) is 18.0 Å². The number of aromatic nitrogens is 1. The molecule has 6 heteroatoms. The minimum Gasteiger partial charge on any atom is -0.483 e. The highest BCUT2D eigenvalue weighted by Gasteiger charge is 2.85. The Labute approximate surface area is 224 Å². The van der Waals surface area contributed by atoms with Crippen LogP contribution in [0.5, 0.6) is 0 Å². The SMILES string of the molecule is CC(C)=CC1OC(C)(C)C2OC3=CCC4(C)[C@@](O)(CC[C@H]5Cc6c([nH]c7ccccc67)[C@@]54C)C34CC2(O1)O4. The monoisotopic (exact) mass is 517 g/mol. The number of fused-ring (bicyclic) bond motifs is 7. The standard InChI is InChI=1S/C32H39NO5/c1-18(2)15-24-36-27(3,4)26-31(37-24)17-30(38-31)23(35-26)12-13-28(5)29(6)19(11-14-32(28,30)34)16-21-20-9-7-8-10-22(20)33-25(21)29/h7-10,12,15,19,24,26,33-34H,11,13-14,16-17H2,1-6H3/t19-,24?,26?,28?,29+,30?,31?,32-/m0/s1. The van der Waals surface area contributed by atoms with Crippen LogP contribution >= 0.6 is 0 Å². The first-order valence-electron chi connectivity index (χ1n) is 14.3. The normalized spacial score (nSPS) is 47.3. The van der Waals surface area contributed by atoms with Crippen molar-refractivity contribution in [3.63, 3.8) is 0 Å². The first-order chi connectivity index (χ1) is 17.9. The molecule has 2 N–H and O–H groups in total. The van der Waals surface area contributed by atoms with Crippen LogP contribution in [-0.2, 0) is 30.8 Å². The molecule has 2 spiro atoms. The molecule has 38 heavy (non-hydrogen) atoms. The van der Waals surface area contributed by atoms with E-state index in [9.17, 15) is 5.11 Å². The lowest BCUT2D eigenvalue weighted by Gasteiger charge is -2.76.